The van der Waals surface area contributed by atoms with Crippen molar-refractivity contribution in [1.29, 1.82) is 5.26 Å². The first kappa shape index (κ1) is 22.1. The van der Waals surface area contributed by atoms with E-state index in [-0.39, 0.29) is 28.5 Å². The van der Waals surface area contributed by atoms with Crippen LogP contribution in [0.4, 0.5) is 13.2 Å². The molecule has 2 aliphatic heterocycles. The molecule has 0 radical (unpaired) electrons. The largest absolute Gasteiger partial charge is 0.493 e. The maximum absolute atomic E-state index is 13.5. The molecule has 1 aromatic heterocycles. The van der Waals surface area contributed by atoms with Crippen LogP contribution in [0.15, 0.2) is 41.2 Å². The highest BCUT2D eigenvalue weighted by atomic mass is 35.5. The number of carbonyl (C=O) groups excluding carboxylic acids is 1. The number of carbonyl (C=O) groups is 1. The molecule has 7 nitrogen and oxygen atoms in total. The average molecular weight is 489 g/mol. The first-order valence-electron chi connectivity index (χ1n) is 10.3. The minimum atomic E-state index is -4.70. The highest BCUT2D eigenvalue weighted by Crippen LogP contribution is 2.49. The number of amides is 1. The number of nitriles is 1. The van der Waals surface area contributed by atoms with E-state index < -0.39 is 46.9 Å². The van der Waals surface area contributed by atoms with Gasteiger partial charge < -0.3 is 10.0 Å². The zero-order chi connectivity index (χ0) is 24.5. The van der Waals surface area contributed by atoms with Crippen molar-refractivity contribution in [3.63, 3.8) is 0 Å². The molecule has 2 unspecified atom stereocenters. The number of rotatable bonds is 2. The second-order valence-corrected chi connectivity index (χ2v) is 8.66. The molecule has 174 valence electrons. The van der Waals surface area contributed by atoms with E-state index in [1.165, 1.54) is 33.7 Å². The second-order valence-electron chi connectivity index (χ2n) is 8.29. The molecular weight excluding hydrogens is 473 g/mol. The highest BCUT2D eigenvalue weighted by Gasteiger charge is 2.50. The van der Waals surface area contributed by atoms with Crippen molar-refractivity contribution in [3.8, 4) is 17.6 Å². The number of fused-ring (bicyclic) bond motifs is 5. The molecule has 11 heteroatoms. The predicted octanol–water partition coefficient (Wildman–Crippen LogP) is 4.34. The van der Waals surface area contributed by atoms with Gasteiger partial charge in [0.25, 0.3) is 5.91 Å². The van der Waals surface area contributed by atoms with Gasteiger partial charge in [0.15, 0.2) is 0 Å². The summed E-state index contributed by atoms with van der Waals surface area (Å²) >= 11 is 6.23. The maximum Gasteiger partial charge on any atom is 0.417 e. The van der Waals surface area contributed by atoms with E-state index in [2.05, 4.69) is 0 Å². The molecule has 2 bridgehead atoms. The molecule has 3 heterocycles. The van der Waals surface area contributed by atoms with Crippen molar-refractivity contribution in [2.45, 2.75) is 31.6 Å². The fraction of sp³-hybridized carbons (Fsp3) is 0.261. The van der Waals surface area contributed by atoms with Gasteiger partial charge in [0.1, 0.15) is 11.8 Å². The second kappa shape index (κ2) is 7.40. The van der Waals surface area contributed by atoms with E-state index in [1.807, 2.05) is 6.07 Å². The Morgan fingerprint density at radius 2 is 1.94 bits per heavy atom. The molecule has 1 N–H and O–H groups in total. The molecule has 0 saturated carbocycles. The van der Waals surface area contributed by atoms with Crippen LogP contribution in [0, 0.1) is 18.3 Å². The molecule has 2 aliphatic rings. The van der Waals surface area contributed by atoms with Crippen molar-refractivity contribution in [2.24, 2.45) is 0 Å². The predicted molar refractivity (Wildman–Crippen MR) is 115 cm³/mol. The Hall–Kier alpha value is -3.71. The van der Waals surface area contributed by atoms with Crippen LogP contribution in [0.5, 0.6) is 5.88 Å². The van der Waals surface area contributed by atoms with Gasteiger partial charge in [-0.05, 0) is 43.2 Å². The lowest BCUT2D eigenvalue weighted by Crippen LogP contribution is -2.38. The minimum absolute atomic E-state index is 0.0408. The summed E-state index contributed by atoms with van der Waals surface area (Å²) in [4.78, 5) is 27.7. The Bertz CT molecular complexity index is 1470. The Balaban J connectivity index is 1.59. The molecule has 1 saturated heterocycles. The summed E-state index contributed by atoms with van der Waals surface area (Å²) in [6.07, 6.45) is -4.39. The lowest BCUT2D eigenvalue weighted by Gasteiger charge is -2.28. The quantitative estimate of drug-likeness (QED) is 0.581. The van der Waals surface area contributed by atoms with Crippen LogP contribution in [0.2, 0.25) is 5.02 Å². The Labute approximate surface area is 195 Å². The maximum atomic E-state index is 13.5. The lowest BCUT2D eigenvalue weighted by molar-refractivity contribution is -0.138. The molecule has 1 fully saturated rings. The minimum Gasteiger partial charge on any atom is -0.493 e. The molecule has 1 amide bonds. The lowest BCUT2D eigenvalue weighted by atomic mass is 10.0. The third kappa shape index (κ3) is 2.97. The number of aromatic nitrogens is 2. The molecule has 2 atom stereocenters. The summed E-state index contributed by atoms with van der Waals surface area (Å²) in [6.45, 7) is 1.64. The Morgan fingerprint density at radius 3 is 2.62 bits per heavy atom. The van der Waals surface area contributed by atoms with Crippen LogP contribution in [0.3, 0.4) is 0 Å². The molecule has 0 aliphatic carbocycles. The van der Waals surface area contributed by atoms with Crippen LogP contribution >= 0.6 is 11.6 Å². The summed E-state index contributed by atoms with van der Waals surface area (Å²) in [7, 11) is 0. The van der Waals surface area contributed by atoms with Gasteiger partial charge in [-0.2, -0.15) is 18.4 Å². The van der Waals surface area contributed by atoms with Gasteiger partial charge in [-0.15, -0.1) is 0 Å². The zero-order valence-electron chi connectivity index (χ0n) is 17.6. The van der Waals surface area contributed by atoms with Crippen molar-refractivity contribution in [3.05, 3.63) is 79.9 Å². The van der Waals surface area contributed by atoms with Gasteiger partial charge in [-0.25, -0.2) is 9.36 Å². The van der Waals surface area contributed by atoms with Crippen LogP contribution < -0.4 is 5.69 Å². The van der Waals surface area contributed by atoms with Crippen LogP contribution in [0.25, 0.3) is 5.69 Å². The van der Waals surface area contributed by atoms with Gasteiger partial charge in [0, 0.05) is 6.54 Å². The van der Waals surface area contributed by atoms with Gasteiger partial charge in [0.05, 0.1) is 39.5 Å². The van der Waals surface area contributed by atoms with Crippen molar-refractivity contribution in [1.82, 2.24) is 14.0 Å². The number of hydrogen-bond donors (Lipinski definition) is 1. The van der Waals surface area contributed by atoms with Crippen LogP contribution in [0.1, 0.15) is 51.2 Å². The molecule has 3 aromatic rings. The summed E-state index contributed by atoms with van der Waals surface area (Å²) < 4.78 is 42.8. The van der Waals surface area contributed by atoms with E-state index in [0.29, 0.717) is 12.0 Å². The Morgan fingerprint density at radius 1 is 1.24 bits per heavy atom. The standard InChI is InChI=1S/C23H16ClF3N4O3/c1-11-16(7-6-12(9-28)18(11)24)31-21(33)19-17-8-13(30(19)22(31)34)10-29(17)20(32)14-4-2-3-5-15(14)23(25,26)27/h2-7,13,17,33H,8,10H2,1H3. The smallest absolute Gasteiger partial charge is 0.417 e. The molecular formula is C23H16ClF3N4O3. The number of nitrogens with zero attached hydrogens (tertiary/aromatic N) is 4. The van der Waals surface area contributed by atoms with E-state index in [1.54, 1.807) is 6.92 Å². The molecule has 2 aromatic carbocycles. The summed E-state index contributed by atoms with van der Waals surface area (Å²) in [5, 5.41) is 20.3. The number of alkyl halides is 3. The normalized spacial score (nSPS) is 18.8. The average Bonchev–Trinajstić information content (AvgIpc) is 3.46. The van der Waals surface area contributed by atoms with Crippen molar-refractivity contribution >= 4 is 17.5 Å². The first-order chi connectivity index (χ1) is 16.1. The van der Waals surface area contributed by atoms with Gasteiger partial charge in [-0.1, -0.05) is 23.7 Å². The van der Waals surface area contributed by atoms with E-state index in [4.69, 9.17) is 16.9 Å². The van der Waals surface area contributed by atoms with Gasteiger partial charge in [0.2, 0.25) is 5.88 Å². The number of aromatic hydroxyl groups is 1. The number of imidazole rings is 1. The van der Waals surface area contributed by atoms with E-state index in [9.17, 15) is 27.9 Å². The van der Waals surface area contributed by atoms with E-state index in [0.717, 1.165) is 16.7 Å². The molecule has 5 rings (SSSR count). The Kier molecular flexibility index (Phi) is 4.81. The third-order valence-corrected chi connectivity index (χ3v) is 6.99. The number of benzene rings is 2. The third-order valence-electron chi connectivity index (χ3n) is 6.50. The van der Waals surface area contributed by atoms with Gasteiger partial charge in [-0.3, -0.25) is 9.36 Å². The van der Waals surface area contributed by atoms with Crippen molar-refractivity contribution in [2.75, 3.05) is 6.54 Å². The summed E-state index contributed by atoms with van der Waals surface area (Å²) in [5.74, 6) is -1.23. The number of halogens is 4. The topological polar surface area (TPSA) is 91.3 Å². The summed E-state index contributed by atoms with van der Waals surface area (Å²) in [6, 6.07) is 8.15. The van der Waals surface area contributed by atoms with Crippen LogP contribution in [-0.2, 0) is 6.18 Å². The molecule has 0 spiro atoms. The SMILES string of the molecule is Cc1c(-n2c(O)c3n(c2=O)C2CC3N(C(=O)c3ccccc3C(F)(F)F)C2)ccc(C#N)c1Cl. The first-order valence-corrected chi connectivity index (χ1v) is 10.7. The van der Waals surface area contributed by atoms with E-state index >= 15 is 0 Å². The fourth-order valence-electron chi connectivity index (χ4n) is 4.96. The molecule has 34 heavy (non-hydrogen) atoms. The monoisotopic (exact) mass is 488 g/mol. The zero-order valence-corrected chi connectivity index (χ0v) is 18.4. The highest BCUT2D eigenvalue weighted by molar-refractivity contribution is 6.32. The van der Waals surface area contributed by atoms with Crippen molar-refractivity contribution < 1.29 is 23.1 Å². The number of hydrogen-bond acceptors (Lipinski definition) is 4. The summed E-state index contributed by atoms with van der Waals surface area (Å²) in [5.41, 5.74) is -1.02. The fourth-order valence-corrected chi connectivity index (χ4v) is 5.16. The van der Waals surface area contributed by atoms with Gasteiger partial charge >= 0.3 is 11.9 Å². The van der Waals surface area contributed by atoms with Crippen LogP contribution in [-0.4, -0.2) is 31.6 Å². The number of likely N-dealkylation sites (tertiary alicyclic amines) is 1.